The molecule has 0 atom stereocenters. The van der Waals surface area contributed by atoms with Crippen LogP contribution in [0.3, 0.4) is 0 Å². The van der Waals surface area contributed by atoms with E-state index < -0.39 is 4.92 Å². The molecule has 0 unspecified atom stereocenters. The lowest BCUT2D eigenvalue weighted by Crippen LogP contribution is -2.01. The first-order valence-electron chi connectivity index (χ1n) is 13.4. The lowest BCUT2D eigenvalue weighted by Gasteiger charge is -2.11. The Labute approximate surface area is 237 Å². The molecule has 0 saturated carbocycles. The Morgan fingerprint density at radius 2 is 1.30 bits per heavy atom. The summed E-state index contributed by atoms with van der Waals surface area (Å²) in [6.07, 6.45) is 13.8. The number of allylic oxidation sites excluding steroid dienone is 2. The van der Waals surface area contributed by atoms with E-state index in [4.69, 9.17) is 35.2 Å². The number of hydrogen-bond donors (Lipinski definition) is 1. The molecule has 2 aromatic rings. The molecule has 10 nitrogen and oxygen atoms in total. The standard InChI is InChI=1S/C12H14N2O4.C12H16N2O2.C6H10/c1-3-4-5-18-12-7-10(14(15)16)9(8-13)6-11(12)17-2;1-3-4-5-16-12-7-10(14)9(8-13)6-11(12)15-2;1-2-4-6-5-3-1/h6-7H,3-5H2,1-2H3;6-7H,3-5,14H2,1-2H3;1-2H,3-6H2. The van der Waals surface area contributed by atoms with E-state index in [-0.39, 0.29) is 17.0 Å². The number of unbranched alkanes of at least 4 members (excludes halogenated alkanes) is 2. The fourth-order valence-electron chi connectivity index (χ4n) is 3.42. The molecule has 0 aliphatic heterocycles. The number of methoxy groups -OCH3 is 2. The summed E-state index contributed by atoms with van der Waals surface area (Å²) in [4.78, 5) is 10.2. The summed E-state index contributed by atoms with van der Waals surface area (Å²) >= 11 is 0. The topological polar surface area (TPSA) is 154 Å². The second kappa shape index (κ2) is 19.6. The van der Waals surface area contributed by atoms with Crippen molar-refractivity contribution in [1.29, 1.82) is 10.5 Å². The lowest BCUT2D eigenvalue weighted by atomic mass is 10.1. The Balaban J connectivity index is 0.000000332. The molecule has 1 aliphatic carbocycles. The highest BCUT2D eigenvalue weighted by atomic mass is 16.6. The van der Waals surface area contributed by atoms with Crippen LogP contribution in [0.2, 0.25) is 0 Å². The van der Waals surface area contributed by atoms with Crippen LogP contribution in [-0.2, 0) is 0 Å². The molecule has 2 N–H and O–H groups in total. The van der Waals surface area contributed by atoms with Crippen LogP contribution in [0.25, 0.3) is 0 Å². The van der Waals surface area contributed by atoms with Crippen molar-refractivity contribution in [3.8, 4) is 35.1 Å². The number of nitriles is 2. The minimum atomic E-state index is -0.606. The maximum absolute atomic E-state index is 10.8. The van der Waals surface area contributed by atoms with Crippen molar-refractivity contribution in [2.75, 3.05) is 33.2 Å². The summed E-state index contributed by atoms with van der Waals surface area (Å²) in [6, 6.07) is 9.55. The highest BCUT2D eigenvalue weighted by Gasteiger charge is 2.19. The minimum Gasteiger partial charge on any atom is -0.493 e. The molecule has 0 saturated heterocycles. The normalized spacial score (nSPS) is 11.3. The van der Waals surface area contributed by atoms with Gasteiger partial charge in [-0.15, -0.1) is 0 Å². The number of nitrogens with two attached hydrogens (primary N) is 1. The van der Waals surface area contributed by atoms with Crippen LogP contribution in [0.4, 0.5) is 11.4 Å². The Morgan fingerprint density at radius 3 is 1.68 bits per heavy atom. The zero-order chi connectivity index (χ0) is 29.8. The molecular formula is C30H40N4O6. The van der Waals surface area contributed by atoms with Gasteiger partial charge in [-0.1, -0.05) is 38.8 Å². The lowest BCUT2D eigenvalue weighted by molar-refractivity contribution is -0.385. The van der Waals surface area contributed by atoms with Gasteiger partial charge in [0.15, 0.2) is 23.0 Å². The summed E-state index contributed by atoms with van der Waals surface area (Å²) in [5.41, 5.74) is 6.20. The van der Waals surface area contributed by atoms with Gasteiger partial charge in [0.05, 0.1) is 49.7 Å². The van der Waals surface area contributed by atoms with Gasteiger partial charge in [0.25, 0.3) is 5.69 Å². The van der Waals surface area contributed by atoms with E-state index >= 15 is 0 Å². The number of rotatable bonds is 11. The van der Waals surface area contributed by atoms with E-state index in [1.54, 1.807) is 25.3 Å². The third-order valence-corrected chi connectivity index (χ3v) is 5.72. The van der Waals surface area contributed by atoms with Gasteiger partial charge < -0.3 is 24.7 Å². The van der Waals surface area contributed by atoms with Gasteiger partial charge in [-0.25, -0.2) is 0 Å². The Bertz CT molecular complexity index is 1180. The first-order valence-corrected chi connectivity index (χ1v) is 13.4. The van der Waals surface area contributed by atoms with Gasteiger partial charge in [0.2, 0.25) is 0 Å². The third kappa shape index (κ3) is 11.5. The van der Waals surface area contributed by atoms with Crippen LogP contribution < -0.4 is 24.7 Å². The summed E-state index contributed by atoms with van der Waals surface area (Å²) in [7, 11) is 2.97. The third-order valence-electron chi connectivity index (χ3n) is 5.72. The summed E-state index contributed by atoms with van der Waals surface area (Å²) in [5, 5.41) is 28.5. The molecule has 0 radical (unpaired) electrons. The average molecular weight is 553 g/mol. The molecule has 1 aliphatic rings. The summed E-state index contributed by atoms with van der Waals surface area (Å²) in [5.74, 6) is 1.75. The van der Waals surface area contributed by atoms with Gasteiger partial charge in [0.1, 0.15) is 17.7 Å². The number of nitro groups is 1. The molecule has 0 spiro atoms. The Kier molecular flexibility index (Phi) is 16.5. The van der Waals surface area contributed by atoms with E-state index in [0.717, 1.165) is 25.7 Å². The number of benzene rings is 2. The number of nitrogens with zero attached hydrogens (tertiary/aromatic N) is 3. The van der Waals surface area contributed by atoms with Crippen LogP contribution in [-0.4, -0.2) is 32.4 Å². The predicted octanol–water partition coefficient (Wildman–Crippen LogP) is 7.10. The first kappa shape index (κ1) is 33.6. The quantitative estimate of drug-likeness (QED) is 0.101. The minimum absolute atomic E-state index is 0.0420. The Morgan fingerprint density at radius 1 is 0.825 bits per heavy atom. The fraction of sp³-hybridized carbons (Fsp3) is 0.467. The fourth-order valence-corrected chi connectivity index (χ4v) is 3.42. The molecule has 40 heavy (non-hydrogen) atoms. The van der Waals surface area contributed by atoms with E-state index in [1.807, 2.05) is 13.0 Å². The van der Waals surface area contributed by atoms with Gasteiger partial charge in [-0.2, -0.15) is 10.5 Å². The summed E-state index contributed by atoms with van der Waals surface area (Å²) < 4.78 is 21.2. The van der Waals surface area contributed by atoms with Crippen molar-refractivity contribution in [2.24, 2.45) is 0 Å². The van der Waals surface area contributed by atoms with Crippen molar-refractivity contribution in [1.82, 2.24) is 0 Å². The van der Waals surface area contributed by atoms with Crippen LogP contribution in [0.5, 0.6) is 23.0 Å². The van der Waals surface area contributed by atoms with Crippen molar-refractivity contribution in [2.45, 2.75) is 65.2 Å². The molecule has 0 fully saturated rings. The van der Waals surface area contributed by atoms with Gasteiger partial charge in [0, 0.05) is 18.2 Å². The molecule has 0 heterocycles. The van der Waals surface area contributed by atoms with Crippen LogP contribution in [0.1, 0.15) is 76.3 Å². The Hall–Kier alpha value is -4.44. The first-order chi connectivity index (χ1) is 19.4. The zero-order valence-electron chi connectivity index (χ0n) is 23.9. The van der Waals surface area contributed by atoms with Gasteiger partial charge in [-0.05, 0) is 38.5 Å². The van der Waals surface area contributed by atoms with E-state index in [9.17, 15) is 10.1 Å². The highest BCUT2D eigenvalue weighted by molar-refractivity contribution is 5.62. The van der Waals surface area contributed by atoms with E-state index in [0.29, 0.717) is 41.7 Å². The van der Waals surface area contributed by atoms with Crippen LogP contribution in [0, 0.1) is 32.8 Å². The molecule has 3 rings (SSSR count). The largest absolute Gasteiger partial charge is 0.493 e. The smallest absolute Gasteiger partial charge is 0.291 e. The average Bonchev–Trinajstić information content (AvgIpc) is 2.98. The number of nitrogen functional groups attached to an aromatic ring is 1. The maximum Gasteiger partial charge on any atom is 0.291 e. The molecular weight excluding hydrogens is 512 g/mol. The molecule has 0 aromatic heterocycles. The van der Waals surface area contributed by atoms with Gasteiger partial charge in [-0.3, -0.25) is 10.1 Å². The van der Waals surface area contributed by atoms with Crippen molar-refractivity contribution in [3.05, 3.63) is 57.7 Å². The van der Waals surface area contributed by atoms with Crippen molar-refractivity contribution < 1.29 is 23.9 Å². The number of ether oxygens (including phenoxy) is 4. The van der Waals surface area contributed by atoms with Crippen molar-refractivity contribution in [3.63, 3.8) is 0 Å². The number of nitro benzene ring substituents is 1. The highest BCUT2D eigenvalue weighted by Crippen LogP contribution is 2.34. The second-order valence-electron chi connectivity index (χ2n) is 8.75. The van der Waals surface area contributed by atoms with Crippen LogP contribution in [0.15, 0.2) is 36.4 Å². The molecule has 0 bridgehead atoms. The molecule has 10 heteroatoms. The van der Waals surface area contributed by atoms with Crippen LogP contribution >= 0.6 is 0 Å². The maximum atomic E-state index is 10.8. The van der Waals surface area contributed by atoms with Gasteiger partial charge >= 0.3 is 0 Å². The molecule has 2 aromatic carbocycles. The SMILES string of the molecule is C1=CCCCC1.CCCCOc1cc(N)c(C#N)cc1OC.CCCCOc1cc([N+](=O)[O-])c(C#N)cc1OC. The molecule has 0 amide bonds. The van der Waals surface area contributed by atoms with E-state index in [1.165, 1.54) is 44.9 Å². The zero-order valence-corrected chi connectivity index (χ0v) is 23.9. The summed E-state index contributed by atoms with van der Waals surface area (Å²) in [6.45, 7) is 5.18. The molecule has 216 valence electrons. The predicted molar refractivity (Wildman–Crippen MR) is 155 cm³/mol. The number of anilines is 1. The number of hydrogen-bond acceptors (Lipinski definition) is 9. The second-order valence-corrected chi connectivity index (χ2v) is 8.75. The van der Waals surface area contributed by atoms with E-state index in [2.05, 4.69) is 19.1 Å². The monoisotopic (exact) mass is 552 g/mol. The van der Waals surface area contributed by atoms with Crippen molar-refractivity contribution >= 4 is 11.4 Å².